The van der Waals surface area contributed by atoms with E-state index in [9.17, 15) is 23.7 Å². The quantitative estimate of drug-likeness (QED) is 0.136. The summed E-state index contributed by atoms with van der Waals surface area (Å²) in [6, 6.07) is 19.8. The van der Waals surface area contributed by atoms with Crippen molar-refractivity contribution in [3.8, 4) is 5.75 Å². The van der Waals surface area contributed by atoms with E-state index in [0.29, 0.717) is 60.4 Å². The van der Waals surface area contributed by atoms with Crippen LogP contribution in [0.4, 0.5) is 5.69 Å². The minimum absolute atomic E-state index is 0.174. The Balaban J connectivity index is 0.782. The number of fused-ring (bicyclic) bond motifs is 1. The van der Waals surface area contributed by atoms with Gasteiger partial charge in [-0.3, -0.25) is 29.4 Å². The summed E-state index contributed by atoms with van der Waals surface area (Å²) in [6.45, 7) is 9.01. The van der Waals surface area contributed by atoms with E-state index in [1.54, 1.807) is 31.5 Å². The normalized spacial score (nSPS) is 18.9. The van der Waals surface area contributed by atoms with E-state index < -0.39 is 19.1 Å². The Morgan fingerprint density at radius 1 is 0.919 bits per heavy atom. The Bertz CT molecular complexity index is 2410. The molecule has 0 bridgehead atoms. The predicted molar refractivity (Wildman–Crippen MR) is 240 cm³/mol. The van der Waals surface area contributed by atoms with Gasteiger partial charge in [-0.1, -0.05) is 54.1 Å². The van der Waals surface area contributed by atoms with Crippen LogP contribution in [-0.4, -0.2) is 120 Å². The van der Waals surface area contributed by atoms with Gasteiger partial charge in [-0.15, -0.1) is 0 Å². The van der Waals surface area contributed by atoms with Gasteiger partial charge in [0.2, 0.25) is 17.7 Å². The van der Waals surface area contributed by atoms with Crippen molar-refractivity contribution in [3.05, 3.63) is 111 Å². The molecule has 8 rings (SSSR count). The molecular formula is C47H55ClN7O6P. The number of ether oxygens (including phenoxy) is 1. The molecule has 5 heterocycles. The zero-order chi connectivity index (χ0) is 43.5. The van der Waals surface area contributed by atoms with Crippen molar-refractivity contribution in [2.75, 3.05) is 64.6 Å². The average Bonchev–Trinajstić information content (AvgIpc) is 3.59. The molecule has 0 spiro atoms. The van der Waals surface area contributed by atoms with Gasteiger partial charge in [-0.2, -0.15) is 0 Å². The molecule has 15 heteroatoms. The molecule has 3 aromatic carbocycles. The standard InChI is InChI=1S/C47H55ClN7O6P/c1-61-41-28-36(13-12-32(41)27-43-49-29-38(48)39(50-43)26-33-8-4-5-9-42(33)62(2,3)60)52-19-17-35(18-20-52)53-21-23-54(24-22-53)45(57)10-6-7-31-11-14-37-34(25-31)30-55(47(37)59)40-15-16-44(56)51-46(40)58/h4-5,8-9,11-14,25,28-29,35,40H,6-7,10,15-24,26-27,30H2,1-3H3,(H,51,56,58). The van der Waals surface area contributed by atoms with Crippen LogP contribution in [0.5, 0.6) is 5.75 Å². The number of nitrogens with zero attached hydrogens (tertiary/aromatic N) is 6. The number of anilines is 1. The first-order valence-corrected chi connectivity index (χ1v) is 24.7. The molecule has 62 heavy (non-hydrogen) atoms. The summed E-state index contributed by atoms with van der Waals surface area (Å²) in [5.41, 5.74) is 6.34. The van der Waals surface area contributed by atoms with Crippen LogP contribution >= 0.6 is 18.7 Å². The zero-order valence-corrected chi connectivity index (χ0v) is 37.4. The monoisotopic (exact) mass is 879 g/mol. The number of carbonyl (C=O) groups excluding carboxylic acids is 4. The molecule has 1 atom stereocenters. The van der Waals surface area contributed by atoms with Crippen LogP contribution in [0.2, 0.25) is 5.02 Å². The number of halogens is 1. The highest BCUT2D eigenvalue weighted by Crippen LogP contribution is 2.37. The molecule has 4 aliphatic heterocycles. The van der Waals surface area contributed by atoms with Crippen LogP contribution in [0.3, 0.4) is 0 Å². The highest BCUT2D eigenvalue weighted by atomic mass is 35.5. The van der Waals surface area contributed by atoms with E-state index in [2.05, 4.69) is 38.3 Å². The number of amides is 4. The fraction of sp³-hybridized carbons (Fsp3) is 0.447. The number of methoxy groups -OCH3 is 1. The number of hydrogen-bond acceptors (Lipinski definition) is 10. The Kier molecular flexibility index (Phi) is 13.1. The number of rotatable bonds is 13. The SMILES string of the molecule is COc1cc(N2CCC(N3CCN(C(=O)CCCc4ccc5c(c4)CN(C4CCC(=O)NC4=O)C5=O)CC3)CC2)ccc1Cc1ncc(Cl)c(Cc2ccccc2P(C)(C)=O)n1. The smallest absolute Gasteiger partial charge is 0.255 e. The first-order valence-electron chi connectivity index (χ1n) is 21.7. The number of imide groups is 1. The van der Waals surface area contributed by atoms with Crippen molar-refractivity contribution >= 4 is 53.4 Å². The minimum atomic E-state index is -2.48. The summed E-state index contributed by atoms with van der Waals surface area (Å²) in [5, 5.41) is 3.68. The number of hydrogen-bond donors (Lipinski definition) is 1. The maximum Gasteiger partial charge on any atom is 0.255 e. The third-order valence-corrected chi connectivity index (χ3v) is 14.8. The average molecular weight is 880 g/mol. The first-order chi connectivity index (χ1) is 29.8. The summed E-state index contributed by atoms with van der Waals surface area (Å²) >= 11 is 6.57. The van der Waals surface area contributed by atoms with Crippen molar-refractivity contribution in [2.45, 2.75) is 76.4 Å². The zero-order valence-electron chi connectivity index (χ0n) is 35.8. The van der Waals surface area contributed by atoms with Gasteiger partial charge in [0.1, 0.15) is 24.8 Å². The number of piperazine rings is 1. The number of aryl methyl sites for hydroxylation is 1. The Hall–Kier alpha value is -5.10. The highest BCUT2D eigenvalue weighted by Gasteiger charge is 2.39. The Morgan fingerprint density at radius 2 is 1.69 bits per heavy atom. The lowest BCUT2D eigenvalue weighted by molar-refractivity contribution is -0.137. The molecule has 4 aromatic rings. The predicted octanol–water partition coefficient (Wildman–Crippen LogP) is 5.47. The lowest BCUT2D eigenvalue weighted by Gasteiger charge is -2.43. The van der Waals surface area contributed by atoms with Crippen molar-refractivity contribution in [1.29, 1.82) is 0 Å². The summed E-state index contributed by atoms with van der Waals surface area (Å²) in [4.78, 5) is 68.2. The van der Waals surface area contributed by atoms with Gasteiger partial charge < -0.3 is 24.0 Å². The van der Waals surface area contributed by atoms with Crippen LogP contribution in [-0.2, 0) is 44.8 Å². The fourth-order valence-electron chi connectivity index (χ4n) is 9.48. The van der Waals surface area contributed by atoms with Gasteiger partial charge in [0.05, 0.1) is 17.8 Å². The number of carbonyl (C=O) groups is 4. The van der Waals surface area contributed by atoms with Crippen molar-refractivity contribution in [2.24, 2.45) is 0 Å². The van der Waals surface area contributed by atoms with Crippen LogP contribution in [0, 0.1) is 0 Å². The molecule has 3 fully saturated rings. The molecular weight excluding hydrogens is 825 g/mol. The van der Waals surface area contributed by atoms with Crippen molar-refractivity contribution in [1.82, 2.24) is 30.0 Å². The molecule has 0 saturated carbocycles. The molecule has 326 valence electrons. The van der Waals surface area contributed by atoms with Crippen molar-refractivity contribution in [3.63, 3.8) is 0 Å². The van der Waals surface area contributed by atoms with E-state index in [1.165, 1.54) is 0 Å². The van der Waals surface area contributed by atoms with Crippen LogP contribution in [0.15, 0.2) is 66.9 Å². The second kappa shape index (κ2) is 18.7. The molecule has 4 amide bonds. The fourth-order valence-corrected chi connectivity index (χ4v) is 10.9. The van der Waals surface area contributed by atoms with Crippen LogP contribution < -0.4 is 20.3 Å². The Labute approximate surface area is 368 Å². The summed E-state index contributed by atoms with van der Waals surface area (Å²) in [6.07, 6.45) is 7.20. The number of aromatic nitrogens is 2. The second-order valence-electron chi connectivity index (χ2n) is 17.3. The van der Waals surface area contributed by atoms with Gasteiger partial charge in [0, 0.05) is 112 Å². The van der Waals surface area contributed by atoms with Gasteiger partial charge in [0.15, 0.2) is 0 Å². The summed E-state index contributed by atoms with van der Waals surface area (Å²) in [5.74, 6) is 0.738. The molecule has 0 aliphatic carbocycles. The number of nitrogens with one attached hydrogen (secondary N) is 1. The molecule has 0 radical (unpaired) electrons. The van der Waals surface area contributed by atoms with Gasteiger partial charge in [0.25, 0.3) is 5.91 Å². The molecule has 13 nitrogen and oxygen atoms in total. The van der Waals surface area contributed by atoms with E-state index in [4.69, 9.17) is 21.3 Å². The third-order valence-electron chi connectivity index (χ3n) is 12.9. The molecule has 3 saturated heterocycles. The van der Waals surface area contributed by atoms with E-state index in [0.717, 1.165) is 104 Å². The maximum absolute atomic E-state index is 13.2. The Morgan fingerprint density at radius 3 is 2.44 bits per heavy atom. The first kappa shape index (κ1) is 43.5. The molecule has 1 aromatic heterocycles. The van der Waals surface area contributed by atoms with Crippen LogP contribution in [0.25, 0.3) is 0 Å². The lowest BCUT2D eigenvalue weighted by Crippen LogP contribution is -2.54. The second-order valence-corrected chi connectivity index (χ2v) is 20.9. The molecule has 1 N–H and O–H groups in total. The van der Waals surface area contributed by atoms with Crippen LogP contribution in [0.1, 0.15) is 82.7 Å². The minimum Gasteiger partial charge on any atom is -0.496 e. The van der Waals surface area contributed by atoms with Gasteiger partial charge in [-0.25, -0.2) is 9.97 Å². The largest absolute Gasteiger partial charge is 0.496 e. The number of piperidine rings is 2. The van der Waals surface area contributed by atoms with E-state index in [1.807, 2.05) is 47.4 Å². The van der Waals surface area contributed by atoms with Gasteiger partial charge >= 0.3 is 0 Å². The lowest BCUT2D eigenvalue weighted by atomic mass is 10.0. The molecule has 1 unspecified atom stereocenters. The highest BCUT2D eigenvalue weighted by molar-refractivity contribution is 7.70. The van der Waals surface area contributed by atoms with Gasteiger partial charge in [-0.05, 0) is 74.3 Å². The maximum atomic E-state index is 13.2. The third kappa shape index (κ3) is 9.75. The topological polar surface area (TPSA) is 145 Å². The summed E-state index contributed by atoms with van der Waals surface area (Å²) in [7, 11) is -0.786. The van der Waals surface area contributed by atoms with E-state index >= 15 is 0 Å². The van der Waals surface area contributed by atoms with Crippen molar-refractivity contribution < 1.29 is 28.5 Å². The van der Waals surface area contributed by atoms with E-state index in [-0.39, 0.29) is 24.1 Å². The number of benzene rings is 3. The molecule has 4 aliphatic rings. The summed E-state index contributed by atoms with van der Waals surface area (Å²) < 4.78 is 18.8.